The number of rotatable bonds is 3. The molecule has 0 radical (unpaired) electrons. The highest BCUT2D eigenvalue weighted by atomic mass is 79.9. The second-order valence-corrected chi connectivity index (χ2v) is 3.86. The standard InChI is InChI=1S/C9H11BrN2O/c1-13-7-4-5-8(12-9(7)10)11-6-2-3-6/h4-6H,2-3H2,1H3,(H,11,12). The first-order valence-corrected chi connectivity index (χ1v) is 5.06. The SMILES string of the molecule is COc1ccc(NC2CC2)nc1Br. The van der Waals surface area contributed by atoms with Crippen LogP contribution < -0.4 is 10.1 Å². The number of halogens is 1. The molecule has 0 aliphatic heterocycles. The van der Waals surface area contributed by atoms with E-state index in [1.165, 1.54) is 12.8 Å². The number of pyridine rings is 1. The molecule has 0 bridgehead atoms. The zero-order chi connectivity index (χ0) is 9.26. The second-order valence-electron chi connectivity index (χ2n) is 3.11. The van der Waals surface area contributed by atoms with Gasteiger partial charge in [0, 0.05) is 6.04 Å². The van der Waals surface area contributed by atoms with Gasteiger partial charge in [0.05, 0.1) is 7.11 Å². The Morgan fingerprint density at radius 3 is 2.85 bits per heavy atom. The first kappa shape index (κ1) is 8.81. The zero-order valence-electron chi connectivity index (χ0n) is 7.38. The van der Waals surface area contributed by atoms with Gasteiger partial charge in [0.1, 0.15) is 10.4 Å². The van der Waals surface area contributed by atoms with Crippen LogP contribution in [0.2, 0.25) is 0 Å². The lowest BCUT2D eigenvalue weighted by molar-refractivity contribution is 0.410. The van der Waals surface area contributed by atoms with E-state index >= 15 is 0 Å². The predicted molar refractivity (Wildman–Crippen MR) is 55.1 cm³/mol. The fourth-order valence-electron chi connectivity index (χ4n) is 1.09. The summed E-state index contributed by atoms with van der Waals surface area (Å²) in [5.74, 6) is 1.68. The number of hydrogen-bond acceptors (Lipinski definition) is 3. The summed E-state index contributed by atoms with van der Waals surface area (Å²) in [5, 5.41) is 3.31. The minimum atomic E-state index is 0.632. The molecule has 2 rings (SSSR count). The average molecular weight is 243 g/mol. The van der Waals surface area contributed by atoms with Crippen LogP contribution in [-0.4, -0.2) is 18.1 Å². The number of nitrogens with zero attached hydrogens (tertiary/aromatic N) is 1. The van der Waals surface area contributed by atoms with E-state index in [9.17, 15) is 0 Å². The van der Waals surface area contributed by atoms with Crippen molar-refractivity contribution in [2.75, 3.05) is 12.4 Å². The molecule has 0 spiro atoms. The van der Waals surface area contributed by atoms with Crippen LogP contribution in [0.4, 0.5) is 5.82 Å². The van der Waals surface area contributed by atoms with Crippen molar-refractivity contribution in [3.05, 3.63) is 16.7 Å². The van der Waals surface area contributed by atoms with Crippen LogP contribution in [0.5, 0.6) is 5.75 Å². The maximum Gasteiger partial charge on any atom is 0.151 e. The topological polar surface area (TPSA) is 34.1 Å². The minimum absolute atomic E-state index is 0.632. The van der Waals surface area contributed by atoms with E-state index in [4.69, 9.17) is 4.74 Å². The Morgan fingerprint density at radius 1 is 1.54 bits per heavy atom. The van der Waals surface area contributed by atoms with Crippen LogP contribution >= 0.6 is 15.9 Å². The monoisotopic (exact) mass is 242 g/mol. The smallest absolute Gasteiger partial charge is 0.151 e. The highest BCUT2D eigenvalue weighted by Crippen LogP contribution is 2.27. The lowest BCUT2D eigenvalue weighted by atomic mass is 10.4. The third-order valence-electron chi connectivity index (χ3n) is 1.96. The summed E-state index contributed by atoms with van der Waals surface area (Å²) in [6, 6.07) is 4.47. The lowest BCUT2D eigenvalue weighted by Crippen LogP contribution is -2.03. The second kappa shape index (κ2) is 3.54. The van der Waals surface area contributed by atoms with E-state index in [0.29, 0.717) is 6.04 Å². The van der Waals surface area contributed by atoms with E-state index in [0.717, 1.165) is 16.2 Å². The molecule has 1 saturated carbocycles. The molecule has 4 heteroatoms. The quantitative estimate of drug-likeness (QED) is 0.828. The summed E-state index contributed by atoms with van der Waals surface area (Å²) < 4.78 is 5.83. The third kappa shape index (κ3) is 2.12. The molecule has 0 saturated heterocycles. The normalized spacial score (nSPS) is 15.5. The molecule has 0 unspecified atom stereocenters. The van der Waals surface area contributed by atoms with Gasteiger partial charge in [-0.25, -0.2) is 4.98 Å². The van der Waals surface area contributed by atoms with Crippen LogP contribution in [-0.2, 0) is 0 Å². The number of aromatic nitrogens is 1. The van der Waals surface area contributed by atoms with Crippen LogP contribution in [0.15, 0.2) is 16.7 Å². The predicted octanol–water partition coefficient (Wildman–Crippen LogP) is 2.43. The molecule has 13 heavy (non-hydrogen) atoms. The summed E-state index contributed by atoms with van der Waals surface area (Å²) in [6.45, 7) is 0. The molecule has 1 N–H and O–H groups in total. The molecule has 1 fully saturated rings. The van der Waals surface area contributed by atoms with Crippen molar-refractivity contribution >= 4 is 21.7 Å². The van der Waals surface area contributed by atoms with E-state index in [1.54, 1.807) is 7.11 Å². The number of ether oxygens (including phenoxy) is 1. The Labute approximate surface area is 85.6 Å². The van der Waals surface area contributed by atoms with Crippen LogP contribution in [0, 0.1) is 0 Å². The molecule has 3 nitrogen and oxygen atoms in total. The van der Waals surface area contributed by atoms with Crippen molar-refractivity contribution in [2.24, 2.45) is 0 Å². The number of nitrogens with one attached hydrogen (secondary N) is 1. The van der Waals surface area contributed by atoms with Crippen molar-refractivity contribution in [3.63, 3.8) is 0 Å². The van der Waals surface area contributed by atoms with Crippen molar-refractivity contribution in [2.45, 2.75) is 18.9 Å². The Morgan fingerprint density at radius 2 is 2.31 bits per heavy atom. The van der Waals surface area contributed by atoms with Gasteiger partial charge in [-0.15, -0.1) is 0 Å². The Balaban J connectivity index is 2.13. The molecule has 0 aromatic carbocycles. The molecule has 0 amide bonds. The maximum absolute atomic E-state index is 5.08. The van der Waals surface area contributed by atoms with Crippen molar-refractivity contribution < 1.29 is 4.74 Å². The summed E-state index contributed by atoms with van der Waals surface area (Å²) in [5.41, 5.74) is 0. The molecule has 1 aliphatic rings. The zero-order valence-corrected chi connectivity index (χ0v) is 8.97. The summed E-state index contributed by atoms with van der Waals surface area (Å²) in [4.78, 5) is 4.30. The van der Waals surface area contributed by atoms with Crippen molar-refractivity contribution in [3.8, 4) is 5.75 Å². The van der Waals surface area contributed by atoms with Crippen LogP contribution in [0.1, 0.15) is 12.8 Å². The fraction of sp³-hybridized carbons (Fsp3) is 0.444. The molecular weight excluding hydrogens is 232 g/mol. The van der Waals surface area contributed by atoms with Gasteiger partial charge < -0.3 is 10.1 Å². The first-order chi connectivity index (χ1) is 6.29. The fourth-order valence-corrected chi connectivity index (χ4v) is 1.58. The third-order valence-corrected chi connectivity index (χ3v) is 2.53. The van der Waals surface area contributed by atoms with Crippen molar-refractivity contribution in [1.82, 2.24) is 4.98 Å². The first-order valence-electron chi connectivity index (χ1n) is 4.26. The van der Waals surface area contributed by atoms with Gasteiger partial charge in [-0.3, -0.25) is 0 Å². The summed E-state index contributed by atoms with van der Waals surface area (Å²) in [7, 11) is 1.63. The van der Waals surface area contributed by atoms with E-state index in [-0.39, 0.29) is 0 Å². The maximum atomic E-state index is 5.08. The van der Waals surface area contributed by atoms with Gasteiger partial charge in [0.25, 0.3) is 0 Å². The highest BCUT2D eigenvalue weighted by molar-refractivity contribution is 9.10. The van der Waals surface area contributed by atoms with E-state index in [2.05, 4.69) is 26.2 Å². The van der Waals surface area contributed by atoms with Gasteiger partial charge in [0.2, 0.25) is 0 Å². The largest absolute Gasteiger partial charge is 0.494 e. The number of methoxy groups -OCH3 is 1. The van der Waals surface area contributed by atoms with E-state index < -0.39 is 0 Å². The summed E-state index contributed by atoms with van der Waals surface area (Å²) in [6.07, 6.45) is 2.51. The van der Waals surface area contributed by atoms with E-state index in [1.807, 2.05) is 12.1 Å². The van der Waals surface area contributed by atoms with Gasteiger partial charge in [0.15, 0.2) is 5.75 Å². The molecule has 1 heterocycles. The van der Waals surface area contributed by atoms with Crippen LogP contribution in [0.3, 0.4) is 0 Å². The molecule has 70 valence electrons. The van der Waals surface area contributed by atoms with Gasteiger partial charge in [-0.2, -0.15) is 0 Å². The Kier molecular flexibility index (Phi) is 2.40. The highest BCUT2D eigenvalue weighted by Gasteiger charge is 2.21. The van der Waals surface area contributed by atoms with Gasteiger partial charge in [-0.1, -0.05) is 0 Å². The summed E-state index contributed by atoms with van der Waals surface area (Å²) >= 11 is 3.34. The molecule has 1 aliphatic carbocycles. The lowest BCUT2D eigenvalue weighted by Gasteiger charge is -2.06. The number of hydrogen-bond donors (Lipinski definition) is 1. The Bertz CT molecular complexity index is 312. The Hall–Kier alpha value is -0.770. The minimum Gasteiger partial charge on any atom is -0.494 e. The molecule has 1 aromatic rings. The average Bonchev–Trinajstić information content (AvgIpc) is 2.89. The van der Waals surface area contributed by atoms with Crippen LogP contribution in [0.25, 0.3) is 0 Å². The number of anilines is 1. The molecule has 1 aromatic heterocycles. The van der Waals surface area contributed by atoms with Crippen molar-refractivity contribution in [1.29, 1.82) is 0 Å². The molecule has 0 atom stereocenters. The van der Waals surface area contributed by atoms with Gasteiger partial charge >= 0.3 is 0 Å². The molecular formula is C9H11BrN2O. The van der Waals surface area contributed by atoms with Gasteiger partial charge in [-0.05, 0) is 40.9 Å².